The summed E-state index contributed by atoms with van der Waals surface area (Å²) < 4.78 is 6.65. The second kappa shape index (κ2) is 6.24. The number of hydrogen-bond acceptors (Lipinski definition) is 3. The summed E-state index contributed by atoms with van der Waals surface area (Å²) >= 11 is 3.48. The van der Waals surface area contributed by atoms with Gasteiger partial charge in [0.2, 0.25) is 0 Å². The molecule has 1 saturated heterocycles. The topological polar surface area (TPSA) is 41.6 Å². The smallest absolute Gasteiger partial charge is 0.253 e. The molecule has 1 saturated carbocycles. The van der Waals surface area contributed by atoms with E-state index in [4.69, 9.17) is 4.74 Å². The van der Waals surface area contributed by atoms with Crippen molar-refractivity contribution in [3.05, 3.63) is 34.3 Å². The quantitative estimate of drug-likeness (QED) is 0.911. The van der Waals surface area contributed by atoms with E-state index >= 15 is 0 Å². The van der Waals surface area contributed by atoms with Gasteiger partial charge in [0.25, 0.3) is 5.91 Å². The van der Waals surface area contributed by atoms with Gasteiger partial charge in [0.1, 0.15) is 6.10 Å². The average molecular weight is 339 g/mol. The molecule has 1 amide bonds. The maximum absolute atomic E-state index is 12.6. The average Bonchev–Trinajstić information content (AvgIpc) is 3.30. The second-order valence-electron chi connectivity index (χ2n) is 5.39. The third-order valence-corrected chi connectivity index (χ3v) is 4.21. The number of carbonyl (C=O) groups excluding carboxylic acids is 1. The Bertz CT molecular complexity index is 485. The molecule has 4 nitrogen and oxygen atoms in total. The van der Waals surface area contributed by atoms with E-state index in [0.29, 0.717) is 25.7 Å². The molecule has 0 spiro atoms. The van der Waals surface area contributed by atoms with Crippen LogP contribution in [0, 0.1) is 0 Å². The van der Waals surface area contributed by atoms with Gasteiger partial charge in [-0.2, -0.15) is 0 Å². The summed E-state index contributed by atoms with van der Waals surface area (Å²) in [7, 11) is 0. The lowest BCUT2D eigenvalue weighted by Crippen LogP contribution is -2.49. The van der Waals surface area contributed by atoms with E-state index in [1.54, 1.807) is 0 Å². The molecule has 108 valence electrons. The maximum Gasteiger partial charge on any atom is 0.253 e. The summed E-state index contributed by atoms with van der Waals surface area (Å²) in [5.41, 5.74) is 1.16. The molecular weight excluding hydrogens is 320 g/mol. The SMILES string of the molecule is O=C(C1CNCCO1)N(Cc1cccc(Br)c1)C1CC1. The Morgan fingerprint density at radius 3 is 2.95 bits per heavy atom. The molecule has 0 bridgehead atoms. The highest BCUT2D eigenvalue weighted by atomic mass is 79.9. The first-order valence-corrected chi connectivity index (χ1v) is 7.90. The van der Waals surface area contributed by atoms with Gasteiger partial charge in [0.05, 0.1) is 6.61 Å². The van der Waals surface area contributed by atoms with Gasteiger partial charge in [-0.15, -0.1) is 0 Å². The van der Waals surface area contributed by atoms with Crippen molar-refractivity contribution in [3.63, 3.8) is 0 Å². The Kier molecular flexibility index (Phi) is 4.38. The van der Waals surface area contributed by atoms with Crippen molar-refractivity contribution in [3.8, 4) is 0 Å². The highest BCUT2D eigenvalue weighted by Gasteiger charge is 2.36. The number of hydrogen-bond donors (Lipinski definition) is 1. The van der Waals surface area contributed by atoms with Crippen LogP contribution in [0.5, 0.6) is 0 Å². The number of nitrogens with zero attached hydrogens (tertiary/aromatic N) is 1. The molecule has 3 rings (SSSR count). The molecular formula is C15H19BrN2O2. The van der Waals surface area contributed by atoms with Crippen LogP contribution in [0.3, 0.4) is 0 Å². The first-order valence-electron chi connectivity index (χ1n) is 7.11. The van der Waals surface area contributed by atoms with E-state index in [-0.39, 0.29) is 12.0 Å². The molecule has 1 aliphatic carbocycles. The molecule has 2 fully saturated rings. The number of nitrogens with one attached hydrogen (secondary N) is 1. The Morgan fingerprint density at radius 2 is 2.30 bits per heavy atom. The Hall–Kier alpha value is -0.910. The fourth-order valence-corrected chi connectivity index (χ4v) is 2.96. The molecule has 1 aliphatic heterocycles. The third kappa shape index (κ3) is 3.40. The van der Waals surface area contributed by atoms with Crippen LogP contribution < -0.4 is 5.32 Å². The zero-order chi connectivity index (χ0) is 13.9. The highest BCUT2D eigenvalue weighted by Crippen LogP contribution is 2.29. The van der Waals surface area contributed by atoms with E-state index in [1.165, 1.54) is 0 Å². The first kappa shape index (κ1) is 14.0. The molecule has 20 heavy (non-hydrogen) atoms. The van der Waals surface area contributed by atoms with Gasteiger partial charge in [-0.3, -0.25) is 4.79 Å². The van der Waals surface area contributed by atoms with Crippen molar-refractivity contribution in [1.29, 1.82) is 0 Å². The van der Waals surface area contributed by atoms with Crippen LogP contribution in [0.1, 0.15) is 18.4 Å². The molecule has 1 aromatic carbocycles. The minimum atomic E-state index is -0.323. The monoisotopic (exact) mass is 338 g/mol. The molecule has 1 atom stereocenters. The number of amides is 1. The lowest BCUT2D eigenvalue weighted by molar-refractivity contribution is -0.146. The molecule has 1 N–H and O–H groups in total. The summed E-state index contributed by atoms with van der Waals surface area (Å²) in [6.07, 6.45) is 1.90. The predicted molar refractivity (Wildman–Crippen MR) is 80.3 cm³/mol. The second-order valence-corrected chi connectivity index (χ2v) is 6.31. The van der Waals surface area contributed by atoms with Gasteiger partial charge in [-0.05, 0) is 30.5 Å². The highest BCUT2D eigenvalue weighted by molar-refractivity contribution is 9.10. The molecule has 5 heteroatoms. The predicted octanol–water partition coefficient (Wildman–Crippen LogP) is 1.93. The fraction of sp³-hybridized carbons (Fsp3) is 0.533. The minimum absolute atomic E-state index is 0.125. The molecule has 1 heterocycles. The number of carbonyl (C=O) groups is 1. The fourth-order valence-electron chi connectivity index (χ4n) is 2.51. The summed E-state index contributed by atoms with van der Waals surface area (Å²) in [4.78, 5) is 14.6. The van der Waals surface area contributed by atoms with Crippen molar-refractivity contribution in [2.75, 3.05) is 19.7 Å². The normalized spacial score (nSPS) is 22.6. The van der Waals surface area contributed by atoms with Crippen LogP contribution in [0.2, 0.25) is 0 Å². The van der Waals surface area contributed by atoms with Crippen molar-refractivity contribution in [2.24, 2.45) is 0 Å². The van der Waals surface area contributed by atoms with Crippen molar-refractivity contribution >= 4 is 21.8 Å². The van der Waals surface area contributed by atoms with Gasteiger partial charge in [0, 0.05) is 30.1 Å². The standard InChI is InChI=1S/C15H19BrN2O2/c16-12-3-1-2-11(8-12)10-18(13-4-5-13)15(19)14-9-17-6-7-20-14/h1-3,8,13-14,17H,4-7,9-10H2. The van der Waals surface area contributed by atoms with E-state index in [1.807, 2.05) is 17.0 Å². The van der Waals surface area contributed by atoms with Gasteiger partial charge < -0.3 is 15.0 Å². The van der Waals surface area contributed by atoms with E-state index in [2.05, 4.69) is 33.4 Å². The number of rotatable bonds is 4. The van der Waals surface area contributed by atoms with Gasteiger partial charge in [-0.25, -0.2) is 0 Å². The van der Waals surface area contributed by atoms with Crippen molar-refractivity contribution < 1.29 is 9.53 Å². The van der Waals surface area contributed by atoms with E-state index in [9.17, 15) is 4.79 Å². The molecule has 0 aromatic heterocycles. The number of benzene rings is 1. The lowest BCUT2D eigenvalue weighted by Gasteiger charge is -2.30. The Labute approximate surface area is 127 Å². The minimum Gasteiger partial charge on any atom is -0.366 e. The van der Waals surface area contributed by atoms with Crippen LogP contribution in [0.25, 0.3) is 0 Å². The number of ether oxygens (including phenoxy) is 1. The van der Waals surface area contributed by atoms with Crippen molar-refractivity contribution in [2.45, 2.75) is 31.5 Å². The molecule has 1 aromatic rings. The van der Waals surface area contributed by atoms with Crippen molar-refractivity contribution in [1.82, 2.24) is 10.2 Å². The number of halogens is 1. The van der Waals surface area contributed by atoms with Crippen LogP contribution >= 0.6 is 15.9 Å². The van der Waals surface area contributed by atoms with Crippen LogP contribution in [-0.2, 0) is 16.1 Å². The van der Waals surface area contributed by atoms with Crippen LogP contribution in [-0.4, -0.2) is 42.6 Å². The Balaban J connectivity index is 1.70. The largest absolute Gasteiger partial charge is 0.366 e. The van der Waals surface area contributed by atoms with Crippen LogP contribution in [0.15, 0.2) is 28.7 Å². The summed E-state index contributed by atoms with van der Waals surface area (Å²) in [6.45, 7) is 2.74. The molecule has 2 aliphatic rings. The molecule has 1 unspecified atom stereocenters. The van der Waals surface area contributed by atoms with Gasteiger partial charge in [0.15, 0.2) is 0 Å². The third-order valence-electron chi connectivity index (χ3n) is 3.72. The summed E-state index contributed by atoms with van der Waals surface area (Å²) in [6, 6.07) is 8.54. The van der Waals surface area contributed by atoms with Gasteiger partial charge in [-0.1, -0.05) is 28.1 Å². The molecule has 0 radical (unpaired) electrons. The lowest BCUT2D eigenvalue weighted by atomic mass is 10.2. The Morgan fingerprint density at radius 1 is 1.45 bits per heavy atom. The maximum atomic E-state index is 12.6. The summed E-state index contributed by atoms with van der Waals surface area (Å²) in [5.74, 6) is 0.125. The number of morpholine rings is 1. The van der Waals surface area contributed by atoms with E-state index in [0.717, 1.165) is 29.4 Å². The zero-order valence-electron chi connectivity index (χ0n) is 11.3. The summed E-state index contributed by atoms with van der Waals surface area (Å²) in [5, 5.41) is 3.22. The van der Waals surface area contributed by atoms with Gasteiger partial charge >= 0.3 is 0 Å². The van der Waals surface area contributed by atoms with E-state index < -0.39 is 0 Å². The van der Waals surface area contributed by atoms with Crippen LogP contribution in [0.4, 0.5) is 0 Å². The zero-order valence-corrected chi connectivity index (χ0v) is 12.9. The first-order chi connectivity index (χ1) is 9.74.